The highest BCUT2D eigenvalue weighted by molar-refractivity contribution is 5.60. The molecular formula is C13H25NO2. The topological polar surface area (TPSA) is 29.5 Å². The number of aldehydes is 1. The van der Waals surface area contributed by atoms with Crippen LogP contribution >= 0.6 is 0 Å². The van der Waals surface area contributed by atoms with Crippen LogP contribution < -0.4 is 0 Å². The molecule has 0 amide bonds. The quantitative estimate of drug-likeness (QED) is 0.674. The van der Waals surface area contributed by atoms with E-state index in [1.54, 1.807) is 0 Å². The molecule has 0 aliphatic carbocycles. The molecule has 94 valence electrons. The number of ether oxygens (including phenoxy) is 1. The van der Waals surface area contributed by atoms with Gasteiger partial charge >= 0.3 is 0 Å². The first kappa shape index (κ1) is 13.7. The predicted octanol–water partition coefficient (Wildman–Crippen LogP) is 2.10. The number of hydrogen-bond acceptors (Lipinski definition) is 3. The van der Waals surface area contributed by atoms with E-state index in [2.05, 4.69) is 32.7 Å². The van der Waals surface area contributed by atoms with Gasteiger partial charge in [-0.25, -0.2) is 0 Å². The summed E-state index contributed by atoms with van der Waals surface area (Å²) in [5.41, 5.74) is -0.0201. The number of nitrogens with zero attached hydrogens (tertiary/aromatic N) is 1. The normalized spacial score (nSPS) is 21.1. The molecule has 0 bridgehead atoms. The summed E-state index contributed by atoms with van der Waals surface area (Å²) in [6.07, 6.45) is 3.97. The van der Waals surface area contributed by atoms with Crippen molar-refractivity contribution in [2.45, 2.75) is 45.6 Å². The van der Waals surface area contributed by atoms with E-state index in [0.717, 1.165) is 45.3 Å². The molecule has 0 unspecified atom stereocenters. The third-order valence-corrected chi connectivity index (χ3v) is 4.19. The maximum Gasteiger partial charge on any atom is 0.127 e. The minimum atomic E-state index is -0.181. The Bertz CT molecular complexity index is 232. The molecule has 1 saturated heterocycles. The Balaban J connectivity index is 2.65. The Morgan fingerprint density at radius 2 is 1.94 bits per heavy atom. The van der Waals surface area contributed by atoms with Crippen LogP contribution in [0.25, 0.3) is 0 Å². The molecule has 0 N–H and O–H groups in total. The van der Waals surface area contributed by atoms with Crippen LogP contribution in [0, 0.1) is 5.41 Å². The van der Waals surface area contributed by atoms with Gasteiger partial charge in [-0.15, -0.1) is 0 Å². The molecule has 0 radical (unpaired) electrons. The molecule has 0 spiro atoms. The highest BCUT2D eigenvalue weighted by atomic mass is 16.5. The fraction of sp³-hybridized carbons (Fsp3) is 0.923. The first-order valence-corrected chi connectivity index (χ1v) is 6.21. The second-order valence-electron chi connectivity index (χ2n) is 5.61. The molecular weight excluding hydrogens is 202 g/mol. The first-order chi connectivity index (χ1) is 7.46. The zero-order valence-corrected chi connectivity index (χ0v) is 11.1. The van der Waals surface area contributed by atoms with Gasteiger partial charge in [-0.05, 0) is 40.2 Å². The number of carbonyl (C=O) groups is 1. The van der Waals surface area contributed by atoms with Gasteiger partial charge in [0.2, 0.25) is 0 Å². The predicted molar refractivity (Wildman–Crippen MR) is 65.6 cm³/mol. The Morgan fingerprint density at radius 1 is 1.38 bits per heavy atom. The second-order valence-corrected chi connectivity index (χ2v) is 5.61. The minimum absolute atomic E-state index is 0.161. The molecule has 3 heteroatoms. The van der Waals surface area contributed by atoms with E-state index < -0.39 is 0 Å². The number of rotatable bonds is 5. The molecule has 1 fully saturated rings. The number of carbonyl (C=O) groups excluding carboxylic acids is 1. The van der Waals surface area contributed by atoms with Crippen molar-refractivity contribution in [2.24, 2.45) is 5.41 Å². The molecule has 3 nitrogen and oxygen atoms in total. The summed E-state index contributed by atoms with van der Waals surface area (Å²) in [6, 6.07) is 0. The van der Waals surface area contributed by atoms with E-state index in [1.165, 1.54) is 0 Å². The van der Waals surface area contributed by atoms with Gasteiger partial charge in [-0.2, -0.15) is 0 Å². The van der Waals surface area contributed by atoms with Crippen molar-refractivity contribution >= 4 is 6.29 Å². The van der Waals surface area contributed by atoms with Gasteiger partial charge in [0.1, 0.15) is 6.29 Å². The van der Waals surface area contributed by atoms with Crippen molar-refractivity contribution < 1.29 is 9.53 Å². The van der Waals surface area contributed by atoms with Crippen LogP contribution in [0.5, 0.6) is 0 Å². The third-order valence-electron chi connectivity index (χ3n) is 4.19. The van der Waals surface area contributed by atoms with Crippen LogP contribution in [0.4, 0.5) is 0 Å². The lowest BCUT2D eigenvalue weighted by atomic mass is 9.80. The third kappa shape index (κ3) is 3.05. The van der Waals surface area contributed by atoms with Crippen molar-refractivity contribution in [3.8, 4) is 0 Å². The molecule has 1 rings (SSSR count). The van der Waals surface area contributed by atoms with Crippen LogP contribution in [0.3, 0.4) is 0 Å². The van der Waals surface area contributed by atoms with E-state index in [4.69, 9.17) is 4.74 Å². The highest BCUT2D eigenvalue weighted by Crippen LogP contribution is 2.31. The molecule has 0 aromatic carbocycles. The van der Waals surface area contributed by atoms with Crippen molar-refractivity contribution in [2.75, 3.05) is 26.8 Å². The average molecular weight is 227 g/mol. The maximum atomic E-state index is 11.4. The standard InChI is InChI=1S/C13H25NO2/c1-5-12(2,3)14(4)10-13(11-15)6-8-16-9-7-13/h11H,5-10H2,1-4H3. The lowest BCUT2D eigenvalue weighted by Gasteiger charge is -2.42. The molecule has 1 heterocycles. The summed E-state index contributed by atoms with van der Waals surface area (Å²) < 4.78 is 5.34. The summed E-state index contributed by atoms with van der Waals surface area (Å²) in [7, 11) is 2.12. The van der Waals surface area contributed by atoms with Crippen LogP contribution in [0.2, 0.25) is 0 Å². The van der Waals surface area contributed by atoms with Crippen LogP contribution in [-0.2, 0) is 9.53 Å². The molecule has 0 atom stereocenters. The Labute approximate surface area is 99.1 Å². The van der Waals surface area contributed by atoms with Crippen molar-refractivity contribution in [1.82, 2.24) is 4.90 Å². The van der Waals surface area contributed by atoms with Gasteiger partial charge in [-0.1, -0.05) is 6.92 Å². The second kappa shape index (κ2) is 5.28. The van der Waals surface area contributed by atoms with E-state index in [-0.39, 0.29) is 11.0 Å². The summed E-state index contributed by atoms with van der Waals surface area (Å²) >= 11 is 0. The lowest BCUT2D eigenvalue weighted by molar-refractivity contribution is -0.124. The van der Waals surface area contributed by atoms with E-state index >= 15 is 0 Å². The molecule has 1 aliphatic rings. The number of hydrogen-bond donors (Lipinski definition) is 0. The molecule has 0 saturated carbocycles. The summed E-state index contributed by atoms with van der Waals surface area (Å²) in [6.45, 7) is 8.93. The van der Waals surface area contributed by atoms with Gasteiger partial charge in [0.15, 0.2) is 0 Å². The fourth-order valence-electron chi connectivity index (χ4n) is 2.05. The highest BCUT2D eigenvalue weighted by Gasteiger charge is 2.36. The van der Waals surface area contributed by atoms with Crippen molar-refractivity contribution in [3.63, 3.8) is 0 Å². The van der Waals surface area contributed by atoms with Gasteiger partial charge in [0, 0.05) is 30.7 Å². The van der Waals surface area contributed by atoms with Crippen LogP contribution in [0.1, 0.15) is 40.0 Å². The van der Waals surface area contributed by atoms with Crippen LogP contribution in [0.15, 0.2) is 0 Å². The van der Waals surface area contributed by atoms with Gasteiger partial charge in [0.05, 0.1) is 0 Å². The Kier molecular flexibility index (Phi) is 4.51. The Hall–Kier alpha value is -0.410. The zero-order valence-electron chi connectivity index (χ0n) is 11.1. The van der Waals surface area contributed by atoms with Gasteiger partial charge < -0.3 is 14.4 Å². The lowest BCUT2D eigenvalue weighted by Crippen LogP contribution is -2.49. The molecule has 16 heavy (non-hydrogen) atoms. The Morgan fingerprint density at radius 3 is 2.38 bits per heavy atom. The van der Waals surface area contributed by atoms with Crippen molar-refractivity contribution in [3.05, 3.63) is 0 Å². The van der Waals surface area contributed by atoms with Gasteiger partial charge in [-0.3, -0.25) is 0 Å². The fourth-order valence-corrected chi connectivity index (χ4v) is 2.05. The SMILES string of the molecule is CCC(C)(C)N(C)CC1(C=O)CCOCC1. The van der Waals surface area contributed by atoms with E-state index in [1.807, 2.05) is 0 Å². The molecule has 0 aromatic rings. The van der Waals surface area contributed by atoms with Crippen molar-refractivity contribution in [1.29, 1.82) is 0 Å². The monoisotopic (exact) mass is 227 g/mol. The van der Waals surface area contributed by atoms with E-state index in [0.29, 0.717) is 0 Å². The minimum Gasteiger partial charge on any atom is -0.381 e. The van der Waals surface area contributed by atoms with Gasteiger partial charge in [0.25, 0.3) is 0 Å². The molecule has 0 aromatic heterocycles. The smallest absolute Gasteiger partial charge is 0.127 e. The largest absolute Gasteiger partial charge is 0.381 e. The summed E-state index contributed by atoms with van der Waals surface area (Å²) in [5, 5.41) is 0. The average Bonchev–Trinajstić information content (AvgIpc) is 2.30. The van der Waals surface area contributed by atoms with E-state index in [9.17, 15) is 4.79 Å². The maximum absolute atomic E-state index is 11.4. The summed E-state index contributed by atoms with van der Waals surface area (Å²) in [5.74, 6) is 0. The van der Waals surface area contributed by atoms with Crippen LogP contribution in [-0.4, -0.2) is 43.5 Å². The zero-order chi connectivity index (χ0) is 12.2. The first-order valence-electron chi connectivity index (χ1n) is 6.21. The molecule has 1 aliphatic heterocycles. The summed E-state index contributed by atoms with van der Waals surface area (Å²) in [4.78, 5) is 13.7.